The van der Waals surface area contributed by atoms with Crippen molar-refractivity contribution in [3.05, 3.63) is 0 Å². The number of aliphatic hydroxyl groups is 1. The SMILES string of the molecule is CC.CC(C)OC1CCN(C(=O)CO)C1. The Morgan fingerprint density at radius 1 is 1.53 bits per heavy atom. The van der Waals surface area contributed by atoms with Crippen LogP contribution in [0.2, 0.25) is 0 Å². The molecule has 4 heteroatoms. The molecule has 1 atom stereocenters. The van der Waals surface area contributed by atoms with E-state index in [0.29, 0.717) is 13.1 Å². The number of carbonyl (C=O) groups is 1. The van der Waals surface area contributed by atoms with E-state index < -0.39 is 6.61 Å². The number of nitrogens with zero attached hydrogens (tertiary/aromatic N) is 1. The molecule has 0 aromatic rings. The Bertz CT molecular complexity index is 183. The molecular formula is C11H23NO3. The van der Waals surface area contributed by atoms with Gasteiger partial charge in [-0.2, -0.15) is 0 Å². The summed E-state index contributed by atoms with van der Waals surface area (Å²) in [4.78, 5) is 12.7. The van der Waals surface area contributed by atoms with E-state index in [2.05, 4.69) is 0 Å². The van der Waals surface area contributed by atoms with Gasteiger partial charge in [-0.15, -0.1) is 0 Å². The Labute approximate surface area is 92.2 Å². The van der Waals surface area contributed by atoms with Crippen LogP contribution in [0.4, 0.5) is 0 Å². The van der Waals surface area contributed by atoms with Gasteiger partial charge in [0.2, 0.25) is 5.91 Å². The highest BCUT2D eigenvalue weighted by atomic mass is 16.5. The van der Waals surface area contributed by atoms with E-state index in [0.717, 1.165) is 6.42 Å². The summed E-state index contributed by atoms with van der Waals surface area (Å²) in [5.74, 6) is -0.199. The molecule has 15 heavy (non-hydrogen) atoms. The van der Waals surface area contributed by atoms with Crippen molar-refractivity contribution in [3.8, 4) is 0 Å². The summed E-state index contributed by atoms with van der Waals surface area (Å²) in [5.41, 5.74) is 0. The summed E-state index contributed by atoms with van der Waals surface area (Å²) in [7, 11) is 0. The fourth-order valence-corrected chi connectivity index (χ4v) is 1.55. The third-order valence-electron chi connectivity index (χ3n) is 2.10. The van der Waals surface area contributed by atoms with Gasteiger partial charge in [0.05, 0.1) is 12.2 Å². The van der Waals surface area contributed by atoms with E-state index in [4.69, 9.17) is 9.84 Å². The van der Waals surface area contributed by atoms with E-state index in [9.17, 15) is 4.79 Å². The average Bonchev–Trinajstić information content (AvgIpc) is 2.67. The van der Waals surface area contributed by atoms with E-state index in [1.54, 1.807) is 4.90 Å². The molecule has 1 rings (SSSR count). The highest BCUT2D eigenvalue weighted by Crippen LogP contribution is 2.14. The maximum atomic E-state index is 11.1. The topological polar surface area (TPSA) is 49.8 Å². The van der Waals surface area contributed by atoms with Gasteiger partial charge in [0, 0.05) is 13.1 Å². The second-order valence-electron chi connectivity index (χ2n) is 3.59. The normalized spacial score (nSPS) is 20.1. The molecule has 1 aliphatic rings. The Hall–Kier alpha value is -0.610. The second kappa shape index (κ2) is 7.65. The number of aliphatic hydroxyl groups excluding tert-OH is 1. The van der Waals surface area contributed by atoms with Gasteiger partial charge in [-0.25, -0.2) is 0 Å². The van der Waals surface area contributed by atoms with Gasteiger partial charge in [0.15, 0.2) is 0 Å². The first-order chi connectivity index (χ1) is 7.13. The van der Waals surface area contributed by atoms with Crippen LogP contribution >= 0.6 is 0 Å². The second-order valence-corrected chi connectivity index (χ2v) is 3.59. The molecule has 0 aromatic carbocycles. The summed E-state index contributed by atoms with van der Waals surface area (Å²) < 4.78 is 5.56. The molecule has 1 heterocycles. The molecule has 0 radical (unpaired) electrons. The quantitative estimate of drug-likeness (QED) is 0.768. The molecule has 4 nitrogen and oxygen atoms in total. The van der Waals surface area contributed by atoms with Crippen LogP contribution < -0.4 is 0 Å². The number of rotatable bonds is 3. The number of hydrogen-bond donors (Lipinski definition) is 1. The van der Waals surface area contributed by atoms with Crippen LogP contribution in [0.5, 0.6) is 0 Å². The summed E-state index contributed by atoms with van der Waals surface area (Å²) in [6, 6.07) is 0. The van der Waals surface area contributed by atoms with Crippen LogP contribution in [0.3, 0.4) is 0 Å². The molecule has 0 aromatic heterocycles. The Kier molecular flexibility index (Phi) is 7.34. The molecule has 1 aliphatic heterocycles. The number of hydrogen-bond acceptors (Lipinski definition) is 3. The fraction of sp³-hybridized carbons (Fsp3) is 0.909. The van der Waals surface area contributed by atoms with Crippen LogP contribution in [0.15, 0.2) is 0 Å². The maximum absolute atomic E-state index is 11.1. The van der Waals surface area contributed by atoms with Crippen LogP contribution in [0.25, 0.3) is 0 Å². The number of carbonyl (C=O) groups excluding carboxylic acids is 1. The minimum Gasteiger partial charge on any atom is -0.387 e. The molecule has 1 amide bonds. The molecule has 0 saturated carbocycles. The van der Waals surface area contributed by atoms with Crippen molar-refractivity contribution in [3.63, 3.8) is 0 Å². The first-order valence-corrected chi connectivity index (χ1v) is 5.67. The molecular weight excluding hydrogens is 194 g/mol. The predicted molar refractivity (Wildman–Crippen MR) is 59.6 cm³/mol. The van der Waals surface area contributed by atoms with Gasteiger partial charge in [0.1, 0.15) is 6.61 Å². The summed E-state index contributed by atoms with van der Waals surface area (Å²) >= 11 is 0. The zero-order valence-corrected chi connectivity index (χ0v) is 10.2. The predicted octanol–water partition coefficient (Wildman–Crippen LogP) is 1.03. The third kappa shape index (κ3) is 5.14. The number of amides is 1. The highest BCUT2D eigenvalue weighted by molar-refractivity contribution is 5.77. The van der Waals surface area contributed by atoms with Crippen LogP contribution in [0, 0.1) is 0 Å². The third-order valence-corrected chi connectivity index (χ3v) is 2.10. The minimum absolute atomic E-state index is 0.149. The Balaban J connectivity index is 0.000000921. The van der Waals surface area contributed by atoms with Crippen molar-refractivity contribution in [1.29, 1.82) is 0 Å². The maximum Gasteiger partial charge on any atom is 0.248 e. The lowest BCUT2D eigenvalue weighted by Crippen LogP contribution is -2.32. The van der Waals surface area contributed by atoms with E-state index in [1.807, 2.05) is 27.7 Å². The fourth-order valence-electron chi connectivity index (χ4n) is 1.55. The van der Waals surface area contributed by atoms with Gasteiger partial charge in [-0.05, 0) is 20.3 Å². The van der Waals surface area contributed by atoms with Crippen molar-refractivity contribution in [2.24, 2.45) is 0 Å². The lowest BCUT2D eigenvalue weighted by atomic mass is 10.3. The standard InChI is InChI=1S/C9H17NO3.C2H6/c1-7(2)13-8-3-4-10(5-8)9(12)6-11;1-2/h7-8,11H,3-6H2,1-2H3;1-2H3. The van der Waals surface area contributed by atoms with Crippen LogP contribution in [-0.4, -0.2) is 47.8 Å². The molecule has 0 spiro atoms. The Morgan fingerprint density at radius 3 is 2.60 bits per heavy atom. The van der Waals surface area contributed by atoms with Gasteiger partial charge < -0.3 is 14.7 Å². The molecule has 1 N–H and O–H groups in total. The molecule has 0 aliphatic carbocycles. The molecule has 90 valence electrons. The summed E-state index contributed by atoms with van der Waals surface area (Å²) in [6.07, 6.45) is 1.23. The largest absolute Gasteiger partial charge is 0.387 e. The monoisotopic (exact) mass is 217 g/mol. The molecule has 1 fully saturated rings. The molecule has 1 saturated heterocycles. The van der Waals surface area contributed by atoms with E-state index in [-0.39, 0.29) is 18.1 Å². The summed E-state index contributed by atoms with van der Waals surface area (Å²) in [5, 5.41) is 8.63. The van der Waals surface area contributed by atoms with Crippen molar-refractivity contribution in [1.82, 2.24) is 4.90 Å². The van der Waals surface area contributed by atoms with Crippen LogP contribution in [0.1, 0.15) is 34.1 Å². The van der Waals surface area contributed by atoms with Gasteiger partial charge >= 0.3 is 0 Å². The first-order valence-electron chi connectivity index (χ1n) is 5.67. The number of likely N-dealkylation sites (tertiary alicyclic amines) is 1. The zero-order valence-electron chi connectivity index (χ0n) is 10.2. The first kappa shape index (κ1) is 14.4. The van der Waals surface area contributed by atoms with Crippen LogP contribution in [-0.2, 0) is 9.53 Å². The van der Waals surface area contributed by atoms with Crippen molar-refractivity contribution < 1.29 is 14.6 Å². The smallest absolute Gasteiger partial charge is 0.248 e. The highest BCUT2D eigenvalue weighted by Gasteiger charge is 2.26. The van der Waals surface area contributed by atoms with E-state index in [1.165, 1.54) is 0 Å². The Morgan fingerprint density at radius 2 is 2.13 bits per heavy atom. The summed E-state index contributed by atoms with van der Waals surface area (Å²) in [6.45, 7) is 8.90. The van der Waals surface area contributed by atoms with E-state index >= 15 is 0 Å². The van der Waals surface area contributed by atoms with Gasteiger partial charge in [-0.3, -0.25) is 4.79 Å². The minimum atomic E-state index is -0.394. The van der Waals surface area contributed by atoms with Crippen molar-refractivity contribution in [2.45, 2.75) is 46.3 Å². The molecule has 1 unspecified atom stereocenters. The lowest BCUT2D eigenvalue weighted by Gasteiger charge is -2.16. The molecule has 0 bridgehead atoms. The van der Waals surface area contributed by atoms with Crippen molar-refractivity contribution in [2.75, 3.05) is 19.7 Å². The van der Waals surface area contributed by atoms with Gasteiger partial charge in [0.25, 0.3) is 0 Å². The average molecular weight is 217 g/mol. The number of ether oxygens (including phenoxy) is 1. The van der Waals surface area contributed by atoms with Crippen molar-refractivity contribution >= 4 is 5.91 Å². The van der Waals surface area contributed by atoms with Gasteiger partial charge in [-0.1, -0.05) is 13.8 Å². The zero-order chi connectivity index (χ0) is 11.8. The lowest BCUT2D eigenvalue weighted by molar-refractivity contribution is -0.133.